The number of ether oxygens (including phenoxy) is 1. The minimum atomic E-state index is -0.398. The monoisotopic (exact) mass is 268 g/mol. The number of carbonyl (C=O) groups is 1. The second-order valence-electron chi connectivity index (χ2n) is 5.52. The molecule has 0 amide bonds. The largest absolute Gasteiger partial charge is 0.512 e. The molecule has 0 unspecified atom stereocenters. The fourth-order valence-corrected chi connectivity index (χ4v) is 2.51. The topological polar surface area (TPSA) is 46.5 Å². The molecule has 1 aliphatic heterocycles. The quantitative estimate of drug-likeness (QED) is 0.463. The third kappa shape index (κ3) is 7.91. The summed E-state index contributed by atoms with van der Waals surface area (Å²) < 4.78 is 5.15. The Hall–Kier alpha value is -0.990. The average Bonchev–Trinajstić information content (AvgIpc) is 2.36. The van der Waals surface area contributed by atoms with Crippen molar-refractivity contribution in [3.05, 3.63) is 11.8 Å². The molecule has 0 aromatic heterocycles. The van der Waals surface area contributed by atoms with Crippen LogP contribution in [0.1, 0.15) is 77.6 Å². The highest BCUT2D eigenvalue weighted by Crippen LogP contribution is 2.19. The highest BCUT2D eigenvalue weighted by molar-refractivity contribution is 5.83. The van der Waals surface area contributed by atoms with Crippen molar-refractivity contribution in [2.24, 2.45) is 0 Å². The molecule has 19 heavy (non-hydrogen) atoms. The van der Waals surface area contributed by atoms with Crippen molar-refractivity contribution in [3.63, 3.8) is 0 Å². The van der Waals surface area contributed by atoms with E-state index in [4.69, 9.17) is 4.74 Å². The van der Waals surface area contributed by atoms with Gasteiger partial charge in [-0.1, -0.05) is 58.3 Å². The van der Waals surface area contributed by atoms with Crippen LogP contribution >= 0.6 is 0 Å². The highest BCUT2D eigenvalue weighted by atomic mass is 16.5. The van der Waals surface area contributed by atoms with Crippen LogP contribution in [-0.4, -0.2) is 17.2 Å². The standard InChI is InChI=1S/C16H28O3/c1-2-3-4-5-6-7-8-9-10-11-15-12-14(17)13-16(18)19-15/h13,15,17H,2-12H2,1H3/t15-/m1/s1. The van der Waals surface area contributed by atoms with Crippen LogP contribution in [0.25, 0.3) is 0 Å². The van der Waals surface area contributed by atoms with E-state index in [-0.39, 0.29) is 11.9 Å². The van der Waals surface area contributed by atoms with Crippen LogP contribution < -0.4 is 0 Å². The first-order chi connectivity index (χ1) is 9.22. The minimum Gasteiger partial charge on any atom is -0.512 e. The van der Waals surface area contributed by atoms with Crippen molar-refractivity contribution in [2.75, 3.05) is 0 Å². The molecule has 0 saturated heterocycles. The fraction of sp³-hybridized carbons (Fsp3) is 0.812. The maximum atomic E-state index is 11.1. The first-order valence-corrected chi connectivity index (χ1v) is 7.82. The number of rotatable bonds is 10. The Labute approximate surface area is 117 Å². The van der Waals surface area contributed by atoms with E-state index in [1.54, 1.807) is 0 Å². The van der Waals surface area contributed by atoms with Crippen LogP contribution in [0.4, 0.5) is 0 Å². The van der Waals surface area contributed by atoms with Crippen molar-refractivity contribution >= 4 is 5.97 Å². The predicted octanol–water partition coefficient (Wildman–Crippen LogP) is 4.66. The summed E-state index contributed by atoms with van der Waals surface area (Å²) in [7, 11) is 0. The molecule has 0 aliphatic carbocycles. The van der Waals surface area contributed by atoms with Crippen LogP contribution in [0, 0.1) is 0 Å². The minimum absolute atomic E-state index is 0.109. The van der Waals surface area contributed by atoms with E-state index in [0.29, 0.717) is 6.42 Å². The molecule has 1 aliphatic rings. The second-order valence-corrected chi connectivity index (χ2v) is 5.52. The molecule has 0 aromatic carbocycles. The molecule has 1 atom stereocenters. The maximum Gasteiger partial charge on any atom is 0.334 e. The van der Waals surface area contributed by atoms with Crippen molar-refractivity contribution in [2.45, 2.75) is 83.7 Å². The Bertz CT molecular complexity index is 284. The third-order valence-electron chi connectivity index (χ3n) is 3.63. The van der Waals surface area contributed by atoms with E-state index in [2.05, 4.69) is 6.92 Å². The zero-order valence-electron chi connectivity index (χ0n) is 12.2. The lowest BCUT2D eigenvalue weighted by Gasteiger charge is -2.20. The van der Waals surface area contributed by atoms with Gasteiger partial charge in [0.2, 0.25) is 0 Å². The van der Waals surface area contributed by atoms with Crippen LogP contribution in [-0.2, 0) is 9.53 Å². The molecule has 0 bridgehead atoms. The number of unbranched alkanes of at least 4 members (excludes halogenated alkanes) is 8. The Morgan fingerprint density at radius 1 is 1.11 bits per heavy atom. The first kappa shape index (κ1) is 16.1. The molecule has 3 nitrogen and oxygen atoms in total. The number of cyclic esters (lactones) is 1. The van der Waals surface area contributed by atoms with Gasteiger partial charge in [0.25, 0.3) is 0 Å². The van der Waals surface area contributed by atoms with Gasteiger partial charge in [-0.2, -0.15) is 0 Å². The summed E-state index contributed by atoms with van der Waals surface area (Å²) in [6.45, 7) is 2.24. The molecule has 0 spiro atoms. The van der Waals surface area contributed by atoms with Crippen LogP contribution in [0.5, 0.6) is 0 Å². The van der Waals surface area contributed by atoms with Gasteiger partial charge in [-0.05, 0) is 12.8 Å². The zero-order chi connectivity index (χ0) is 13.9. The summed E-state index contributed by atoms with van der Waals surface area (Å²) in [5.74, 6) is -0.234. The molecule has 110 valence electrons. The Kier molecular flexibility index (Phi) is 8.35. The summed E-state index contributed by atoms with van der Waals surface area (Å²) in [5.41, 5.74) is 0. The molecule has 1 rings (SSSR count). The molecule has 0 fully saturated rings. The molecule has 0 saturated carbocycles. The van der Waals surface area contributed by atoms with Gasteiger partial charge in [0.05, 0.1) is 6.08 Å². The van der Waals surface area contributed by atoms with Crippen LogP contribution in [0.3, 0.4) is 0 Å². The van der Waals surface area contributed by atoms with Gasteiger partial charge >= 0.3 is 5.97 Å². The molecule has 0 aromatic rings. The number of aliphatic hydroxyl groups excluding tert-OH is 1. The molecule has 3 heteroatoms. The average molecular weight is 268 g/mol. The lowest BCUT2D eigenvalue weighted by Crippen LogP contribution is -2.22. The van der Waals surface area contributed by atoms with Crippen molar-refractivity contribution in [1.29, 1.82) is 0 Å². The van der Waals surface area contributed by atoms with Gasteiger partial charge in [0, 0.05) is 6.42 Å². The molecular formula is C16H28O3. The Morgan fingerprint density at radius 2 is 1.68 bits per heavy atom. The fourth-order valence-electron chi connectivity index (χ4n) is 2.51. The van der Waals surface area contributed by atoms with Crippen LogP contribution in [0.15, 0.2) is 11.8 Å². The molecular weight excluding hydrogens is 240 g/mol. The first-order valence-electron chi connectivity index (χ1n) is 7.82. The van der Waals surface area contributed by atoms with Gasteiger partial charge in [0.1, 0.15) is 11.9 Å². The van der Waals surface area contributed by atoms with Gasteiger partial charge in [0.15, 0.2) is 0 Å². The summed E-state index contributed by atoms with van der Waals surface area (Å²) in [6, 6.07) is 0. The summed E-state index contributed by atoms with van der Waals surface area (Å²) in [4.78, 5) is 11.1. The Morgan fingerprint density at radius 3 is 2.26 bits per heavy atom. The van der Waals surface area contributed by atoms with Gasteiger partial charge in [-0.3, -0.25) is 0 Å². The number of hydrogen-bond donors (Lipinski definition) is 1. The van der Waals surface area contributed by atoms with Crippen molar-refractivity contribution < 1.29 is 14.6 Å². The lowest BCUT2D eigenvalue weighted by atomic mass is 10.0. The van der Waals surface area contributed by atoms with E-state index >= 15 is 0 Å². The van der Waals surface area contributed by atoms with E-state index in [1.807, 2.05) is 0 Å². The summed E-state index contributed by atoms with van der Waals surface area (Å²) in [5, 5.41) is 9.35. The second kappa shape index (κ2) is 9.88. The van der Waals surface area contributed by atoms with Crippen molar-refractivity contribution in [1.82, 2.24) is 0 Å². The molecule has 1 heterocycles. The normalized spacial score (nSPS) is 19.1. The van der Waals surface area contributed by atoms with Crippen LogP contribution in [0.2, 0.25) is 0 Å². The summed E-state index contributed by atoms with van der Waals surface area (Å²) >= 11 is 0. The van der Waals surface area contributed by atoms with Gasteiger partial charge in [-0.15, -0.1) is 0 Å². The number of carbonyl (C=O) groups excluding carboxylic acids is 1. The maximum absolute atomic E-state index is 11.1. The Balaban J connectivity index is 1.91. The van der Waals surface area contributed by atoms with Gasteiger partial charge < -0.3 is 9.84 Å². The van der Waals surface area contributed by atoms with E-state index < -0.39 is 5.97 Å². The summed E-state index contributed by atoms with van der Waals surface area (Å²) in [6.07, 6.45) is 14.1. The zero-order valence-corrected chi connectivity index (χ0v) is 12.2. The highest BCUT2D eigenvalue weighted by Gasteiger charge is 2.20. The number of esters is 1. The van der Waals surface area contributed by atoms with E-state index in [0.717, 1.165) is 12.8 Å². The molecule has 1 N–H and O–H groups in total. The predicted molar refractivity (Wildman–Crippen MR) is 77.1 cm³/mol. The lowest BCUT2D eigenvalue weighted by molar-refractivity contribution is -0.145. The van der Waals surface area contributed by atoms with Gasteiger partial charge in [-0.25, -0.2) is 4.79 Å². The molecule has 0 radical (unpaired) electrons. The van der Waals surface area contributed by atoms with Crippen molar-refractivity contribution in [3.8, 4) is 0 Å². The third-order valence-corrected chi connectivity index (χ3v) is 3.63. The SMILES string of the molecule is CCCCCCCCCCC[C@@H]1CC(O)=CC(=O)O1. The smallest absolute Gasteiger partial charge is 0.334 e. The number of hydrogen-bond acceptors (Lipinski definition) is 3. The van der Waals surface area contributed by atoms with E-state index in [9.17, 15) is 9.90 Å². The number of aliphatic hydroxyl groups is 1. The van der Waals surface area contributed by atoms with E-state index in [1.165, 1.54) is 57.4 Å².